The standard InChI is InChI=1S/C24H22N4O6S3/c29-17(10-14-4-2-1-3-5-14)26-34-24(32)19-16(13-37-23-20(35)22(31)28(19)23)21-25-15(12-36-21)11-18(30)27-6-8-33-9-7-27/h1-5,12,23H,6-11,13H2,(H,26,29)/t23-/m0/s1. The Labute approximate surface area is 225 Å². The summed E-state index contributed by atoms with van der Waals surface area (Å²) in [5.74, 6) is -1.52. The smallest absolute Gasteiger partial charge is 0.378 e. The predicted octanol–water partition coefficient (Wildman–Crippen LogP) is 1.36. The molecular weight excluding hydrogens is 536 g/mol. The van der Waals surface area contributed by atoms with Crippen molar-refractivity contribution in [1.82, 2.24) is 20.3 Å². The highest BCUT2D eigenvalue weighted by Crippen LogP contribution is 2.42. The summed E-state index contributed by atoms with van der Waals surface area (Å²) in [5, 5.41) is 1.82. The van der Waals surface area contributed by atoms with E-state index in [1.54, 1.807) is 34.5 Å². The van der Waals surface area contributed by atoms with Gasteiger partial charge in [-0.1, -0.05) is 42.5 Å². The maximum atomic E-state index is 13.1. The molecule has 10 nitrogen and oxygen atoms in total. The van der Waals surface area contributed by atoms with E-state index in [1.165, 1.54) is 28.0 Å². The van der Waals surface area contributed by atoms with Crippen LogP contribution in [0, 0.1) is 0 Å². The molecule has 3 aliphatic rings. The van der Waals surface area contributed by atoms with E-state index in [0.29, 0.717) is 48.3 Å². The van der Waals surface area contributed by atoms with Crippen LogP contribution < -0.4 is 5.48 Å². The first-order valence-corrected chi connectivity index (χ1v) is 13.8. The Hall–Kier alpha value is -3.13. The third-order valence-corrected chi connectivity index (χ3v) is 8.68. The van der Waals surface area contributed by atoms with Gasteiger partial charge in [0.15, 0.2) is 0 Å². The van der Waals surface area contributed by atoms with Crippen molar-refractivity contribution in [2.24, 2.45) is 0 Å². The summed E-state index contributed by atoms with van der Waals surface area (Å²) in [7, 11) is 0. The van der Waals surface area contributed by atoms with E-state index in [9.17, 15) is 19.2 Å². The lowest BCUT2D eigenvalue weighted by Crippen LogP contribution is -2.61. The number of thioether (sulfide) groups is 1. The Kier molecular flexibility index (Phi) is 7.65. The van der Waals surface area contributed by atoms with Gasteiger partial charge in [-0.05, 0) is 5.56 Å². The van der Waals surface area contributed by atoms with E-state index in [2.05, 4.69) is 10.5 Å². The Balaban J connectivity index is 1.33. The summed E-state index contributed by atoms with van der Waals surface area (Å²) in [6, 6.07) is 9.02. The van der Waals surface area contributed by atoms with Crippen molar-refractivity contribution in [2.75, 3.05) is 32.1 Å². The SMILES string of the molecule is O=C(Cc1ccccc1)NOC(=O)C1=C(c2nc(CC(=O)N3CCOCC3)cs2)CS[C@H]2C(=S)C(=O)N12. The first-order chi connectivity index (χ1) is 17.9. The molecule has 192 valence electrons. The number of amides is 3. The number of β-lactam (4-membered cyclic amide) rings is 1. The number of fused-ring (bicyclic) bond motifs is 1. The van der Waals surface area contributed by atoms with Gasteiger partial charge in [0, 0.05) is 29.8 Å². The van der Waals surface area contributed by atoms with Gasteiger partial charge in [-0.2, -0.15) is 5.48 Å². The van der Waals surface area contributed by atoms with Gasteiger partial charge >= 0.3 is 5.97 Å². The van der Waals surface area contributed by atoms with Crippen LogP contribution in [-0.4, -0.2) is 80.8 Å². The lowest BCUT2D eigenvalue weighted by molar-refractivity contribution is -0.156. The Morgan fingerprint density at radius 1 is 1.16 bits per heavy atom. The van der Waals surface area contributed by atoms with Crippen molar-refractivity contribution in [3.8, 4) is 0 Å². The minimum atomic E-state index is -0.876. The lowest BCUT2D eigenvalue weighted by atomic mass is 10.1. The Morgan fingerprint density at radius 3 is 2.68 bits per heavy atom. The molecule has 1 aromatic heterocycles. The largest absolute Gasteiger partial charge is 0.379 e. The number of thiocarbonyl (C=S) groups is 1. The fraction of sp³-hybridized carbons (Fsp3) is 0.333. The van der Waals surface area contributed by atoms with Gasteiger partial charge in [0.1, 0.15) is 20.9 Å². The molecule has 3 amide bonds. The molecule has 1 aromatic carbocycles. The third kappa shape index (κ3) is 5.44. The average molecular weight is 559 g/mol. The zero-order valence-electron chi connectivity index (χ0n) is 19.5. The number of rotatable bonds is 6. The minimum absolute atomic E-state index is 0.00256. The molecule has 0 unspecified atom stereocenters. The molecule has 2 aromatic rings. The first kappa shape index (κ1) is 25.5. The van der Waals surface area contributed by atoms with E-state index < -0.39 is 23.2 Å². The fourth-order valence-electron chi connectivity index (χ4n) is 4.09. The minimum Gasteiger partial charge on any atom is -0.378 e. The van der Waals surface area contributed by atoms with Crippen molar-refractivity contribution in [1.29, 1.82) is 0 Å². The second-order valence-electron chi connectivity index (χ2n) is 8.42. The molecule has 37 heavy (non-hydrogen) atoms. The zero-order chi connectivity index (χ0) is 25.9. The highest BCUT2D eigenvalue weighted by atomic mass is 32.2. The van der Waals surface area contributed by atoms with Gasteiger partial charge in [0.25, 0.3) is 11.8 Å². The fourth-order valence-corrected chi connectivity index (χ4v) is 6.65. The van der Waals surface area contributed by atoms with Crippen molar-refractivity contribution >= 4 is 69.4 Å². The monoisotopic (exact) mass is 558 g/mol. The molecule has 3 aliphatic heterocycles. The summed E-state index contributed by atoms with van der Waals surface area (Å²) in [6.07, 6.45) is 0.153. The lowest BCUT2D eigenvalue weighted by Gasteiger charge is -2.44. The van der Waals surface area contributed by atoms with Crippen LogP contribution in [0.2, 0.25) is 0 Å². The molecular formula is C24H22N4O6S3. The van der Waals surface area contributed by atoms with Gasteiger partial charge in [-0.15, -0.1) is 23.1 Å². The van der Waals surface area contributed by atoms with E-state index in [-0.39, 0.29) is 29.3 Å². The molecule has 0 bridgehead atoms. The van der Waals surface area contributed by atoms with Gasteiger partial charge in [0.05, 0.1) is 31.7 Å². The van der Waals surface area contributed by atoms with Crippen LogP contribution in [0.15, 0.2) is 41.4 Å². The molecule has 1 N–H and O–H groups in total. The highest BCUT2D eigenvalue weighted by Gasteiger charge is 2.51. The van der Waals surface area contributed by atoms with E-state index in [1.807, 2.05) is 6.07 Å². The van der Waals surface area contributed by atoms with Crippen molar-refractivity contribution in [2.45, 2.75) is 18.2 Å². The Bertz CT molecular complexity index is 1290. The van der Waals surface area contributed by atoms with Crippen LogP contribution in [0.25, 0.3) is 5.57 Å². The number of hydrogen-bond donors (Lipinski definition) is 1. The summed E-state index contributed by atoms with van der Waals surface area (Å²) < 4.78 is 5.30. The molecule has 2 fully saturated rings. The number of nitrogens with one attached hydrogen (secondary N) is 1. The van der Waals surface area contributed by atoms with Crippen molar-refractivity contribution < 1.29 is 28.8 Å². The summed E-state index contributed by atoms with van der Waals surface area (Å²) in [5.41, 5.74) is 4.01. The van der Waals surface area contributed by atoms with Crippen LogP contribution in [0.3, 0.4) is 0 Å². The molecule has 0 aliphatic carbocycles. The molecule has 5 rings (SSSR count). The number of ether oxygens (including phenoxy) is 1. The van der Waals surface area contributed by atoms with E-state index in [0.717, 1.165) is 5.56 Å². The van der Waals surface area contributed by atoms with Gasteiger partial charge in [-0.25, -0.2) is 9.78 Å². The maximum Gasteiger partial charge on any atom is 0.379 e. The highest BCUT2D eigenvalue weighted by molar-refractivity contribution is 8.02. The summed E-state index contributed by atoms with van der Waals surface area (Å²) in [4.78, 5) is 63.6. The van der Waals surface area contributed by atoms with Crippen molar-refractivity contribution in [3.63, 3.8) is 0 Å². The second kappa shape index (κ2) is 11.1. The molecule has 0 radical (unpaired) electrons. The van der Waals surface area contributed by atoms with Crippen LogP contribution >= 0.6 is 35.3 Å². The summed E-state index contributed by atoms with van der Waals surface area (Å²) in [6.45, 7) is 2.11. The number of thiazole rings is 1. The second-order valence-corrected chi connectivity index (χ2v) is 10.8. The molecule has 0 saturated carbocycles. The van der Waals surface area contributed by atoms with E-state index >= 15 is 0 Å². The average Bonchev–Trinajstić information content (AvgIpc) is 3.39. The number of morpholine rings is 1. The number of carbonyl (C=O) groups is 4. The first-order valence-electron chi connectivity index (χ1n) is 11.5. The molecule has 0 spiro atoms. The number of aromatic nitrogens is 1. The number of nitrogens with zero attached hydrogens (tertiary/aromatic N) is 3. The number of carbonyl (C=O) groups excluding carboxylic acids is 4. The van der Waals surface area contributed by atoms with E-state index in [4.69, 9.17) is 21.8 Å². The van der Waals surface area contributed by atoms with Crippen LogP contribution in [-0.2, 0) is 41.6 Å². The zero-order valence-corrected chi connectivity index (χ0v) is 22.0. The molecule has 13 heteroatoms. The van der Waals surface area contributed by atoms with Gasteiger partial charge in [-0.3, -0.25) is 19.3 Å². The quantitative estimate of drug-likeness (QED) is 0.319. The molecule has 2 saturated heterocycles. The maximum absolute atomic E-state index is 13.1. The van der Waals surface area contributed by atoms with Crippen LogP contribution in [0.4, 0.5) is 0 Å². The van der Waals surface area contributed by atoms with Gasteiger partial charge < -0.3 is 14.5 Å². The number of benzene rings is 1. The third-order valence-electron chi connectivity index (χ3n) is 5.97. The molecule has 4 heterocycles. The van der Waals surface area contributed by atoms with Gasteiger partial charge in [0.2, 0.25) is 5.91 Å². The Morgan fingerprint density at radius 2 is 1.92 bits per heavy atom. The predicted molar refractivity (Wildman–Crippen MR) is 140 cm³/mol. The molecule has 1 atom stereocenters. The van der Waals surface area contributed by atoms with Crippen molar-refractivity contribution in [3.05, 3.63) is 57.7 Å². The van der Waals surface area contributed by atoms with Crippen LogP contribution in [0.1, 0.15) is 16.3 Å². The van der Waals surface area contributed by atoms with Crippen LogP contribution in [0.5, 0.6) is 0 Å². The number of hydrogen-bond acceptors (Lipinski definition) is 10. The number of hydroxylamine groups is 1. The summed E-state index contributed by atoms with van der Waals surface area (Å²) >= 11 is 7.86. The topological polar surface area (TPSA) is 118 Å². The normalized spacial score (nSPS) is 19.3.